The number of hydrogen-bond donors (Lipinski definition) is 2. The van der Waals surface area contributed by atoms with E-state index in [-0.39, 0.29) is 11.8 Å². The molecule has 66 valence electrons. The van der Waals surface area contributed by atoms with Gasteiger partial charge in [0, 0.05) is 11.1 Å². The number of halogens is 1. The van der Waals surface area contributed by atoms with Crippen LogP contribution in [0.2, 0.25) is 5.02 Å². The zero-order valence-electron chi connectivity index (χ0n) is 6.92. The van der Waals surface area contributed by atoms with Gasteiger partial charge in [-0.25, -0.2) is 0 Å². The minimum absolute atomic E-state index is 0.0860. The predicted octanol–water partition coefficient (Wildman–Crippen LogP) is 1.94. The molecule has 1 unspecified atom stereocenters. The number of phenols is 1. The minimum Gasteiger partial charge on any atom is -0.508 e. The number of hydrogen-bond acceptors (Lipinski definition) is 2. The quantitative estimate of drug-likeness (QED) is 0.740. The molecular formula is C9H12ClNO. The SMILES string of the molecule is CC(N)Cc1cc(O)cc(Cl)c1. The number of rotatable bonds is 2. The van der Waals surface area contributed by atoms with E-state index in [1.165, 1.54) is 6.07 Å². The van der Waals surface area contributed by atoms with E-state index < -0.39 is 0 Å². The molecule has 0 radical (unpaired) electrons. The van der Waals surface area contributed by atoms with Gasteiger partial charge in [0.05, 0.1) is 0 Å². The van der Waals surface area contributed by atoms with Crippen molar-refractivity contribution in [3.05, 3.63) is 28.8 Å². The second-order valence-corrected chi connectivity index (χ2v) is 3.44. The van der Waals surface area contributed by atoms with Crippen molar-refractivity contribution in [3.8, 4) is 5.75 Å². The van der Waals surface area contributed by atoms with Crippen molar-refractivity contribution in [2.45, 2.75) is 19.4 Å². The molecule has 1 aromatic carbocycles. The van der Waals surface area contributed by atoms with E-state index >= 15 is 0 Å². The first-order valence-corrected chi connectivity index (χ1v) is 4.20. The molecule has 1 aromatic rings. The molecule has 0 heterocycles. The van der Waals surface area contributed by atoms with Crippen LogP contribution in [0, 0.1) is 0 Å². The number of nitrogens with two attached hydrogens (primary N) is 1. The third-order valence-corrected chi connectivity index (χ3v) is 1.72. The predicted molar refractivity (Wildman–Crippen MR) is 50.5 cm³/mol. The summed E-state index contributed by atoms with van der Waals surface area (Å²) in [5.74, 6) is 0.193. The number of phenolic OH excluding ortho intramolecular Hbond substituents is 1. The largest absolute Gasteiger partial charge is 0.508 e. The van der Waals surface area contributed by atoms with Gasteiger partial charge in [0.2, 0.25) is 0 Å². The Labute approximate surface area is 77.0 Å². The highest BCUT2D eigenvalue weighted by atomic mass is 35.5. The van der Waals surface area contributed by atoms with Gasteiger partial charge in [0.15, 0.2) is 0 Å². The summed E-state index contributed by atoms with van der Waals surface area (Å²) in [5, 5.41) is 9.73. The zero-order chi connectivity index (χ0) is 9.14. The van der Waals surface area contributed by atoms with Crippen molar-refractivity contribution in [1.29, 1.82) is 0 Å². The lowest BCUT2D eigenvalue weighted by Crippen LogP contribution is -2.17. The lowest BCUT2D eigenvalue weighted by atomic mass is 10.1. The van der Waals surface area contributed by atoms with E-state index in [1.807, 2.05) is 13.0 Å². The summed E-state index contributed by atoms with van der Waals surface area (Å²) in [6.45, 7) is 1.91. The lowest BCUT2D eigenvalue weighted by Gasteiger charge is -2.05. The normalized spacial score (nSPS) is 12.9. The Morgan fingerprint density at radius 1 is 1.50 bits per heavy atom. The first kappa shape index (κ1) is 9.36. The smallest absolute Gasteiger partial charge is 0.117 e. The number of aromatic hydroxyl groups is 1. The molecule has 0 aliphatic carbocycles. The van der Waals surface area contributed by atoms with E-state index in [4.69, 9.17) is 17.3 Å². The van der Waals surface area contributed by atoms with Crippen LogP contribution in [0.1, 0.15) is 12.5 Å². The van der Waals surface area contributed by atoms with Crippen LogP contribution < -0.4 is 5.73 Å². The summed E-state index contributed by atoms with van der Waals surface area (Å²) in [6, 6.07) is 5.08. The van der Waals surface area contributed by atoms with E-state index in [1.54, 1.807) is 6.07 Å². The van der Waals surface area contributed by atoms with Crippen LogP contribution in [0.5, 0.6) is 5.75 Å². The highest BCUT2D eigenvalue weighted by molar-refractivity contribution is 6.30. The molecule has 0 fully saturated rings. The molecule has 0 aliphatic heterocycles. The Morgan fingerprint density at radius 2 is 2.17 bits per heavy atom. The van der Waals surface area contributed by atoms with Gasteiger partial charge in [-0.2, -0.15) is 0 Å². The summed E-state index contributed by atoms with van der Waals surface area (Å²) in [5.41, 5.74) is 6.57. The van der Waals surface area contributed by atoms with Crippen LogP contribution in [0.25, 0.3) is 0 Å². The van der Waals surface area contributed by atoms with Crippen LogP contribution in [-0.4, -0.2) is 11.1 Å². The van der Waals surface area contributed by atoms with E-state index in [9.17, 15) is 5.11 Å². The van der Waals surface area contributed by atoms with Gasteiger partial charge in [-0.3, -0.25) is 0 Å². The third kappa shape index (κ3) is 2.72. The molecule has 0 spiro atoms. The Morgan fingerprint density at radius 3 is 2.67 bits per heavy atom. The standard InChI is InChI=1S/C9H12ClNO/c1-6(11)2-7-3-8(10)5-9(12)4-7/h3-6,12H,2,11H2,1H3. The van der Waals surface area contributed by atoms with Crippen LogP contribution in [0.4, 0.5) is 0 Å². The van der Waals surface area contributed by atoms with Gasteiger partial charge < -0.3 is 10.8 Å². The highest BCUT2D eigenvalue weighted by Gasteiger charge is 2.00. The molecule has 12 heavy (non-hydrogen) atoms. The molecule has 2 nitrogen and oxygen atoms in total. The van der Waals surface area contributed by atoms with E-state index in [0.717, 1.165) is 12.0 Å². The molecule has 0 aromatic heterocycles. The molecule has 0 saturated carbocycles. The second-order valence-electron chi connectivity index (χ2n) is 3.00. The van der Waals surface area contributed by atoms with Gasteiger partial charge in [-0.05, 0) is 37.1 Å². The summed E-state index contributed by atoms with van der Waals surface area (Å²) >= 11 is 5.73. The Kier molecular flexibility index (Phi) is 2.95. The fourth-order valence-corrected chi connectivity index (χ4v) is 1.37. The number of benzene rings is 1. The van der Waals surface area contributed by atoms with Crippen molar-refractivity contribution in [3.63, 3.8) is 0 Å². The van der Waals surface area contributed by atoms with Gasteiger partial charge in [0.25, 0.3) is 0 Å². The van der Waals surface area contributed by atoms with Gasteiger partial charge in [-0.15, -0.1) is 0 Å². The second kappa shape index (κ2) is 3.78. The molecule has 3 heteroatoms. The molecule has 1 atom stereocenters. The summed E-state index contributed by atoms with van der Waals surface area (Å²) in [4.78, 5) is 0. The average molecular weight is 186 g/mol. The molecule has 0 amide bonds. The van der Waals surface area contributed by atoms with Crippen LogP contribution in [0.15, 0.2) is 18.2 Å². The van der Waals surface area contributed by atoms with Gasteiger partial charge >= 0.3 is 0 Å². The minimum atomic E-state index is 0.0860. The molecule has 0 aliphatic rings. The monoisotopic (exact) mass is 185 g/mol. The maximum atomic E-state index is 9.18. The van der Waals surface area contributed by atoms with Crippen molar-refractivity contribution < 1.29 is 5.11 Å². The Balaban J connectivity index is 2.85. The molecule has 0 bridgehead atoms. The fourth-order valence-electron chi connectivity index (χ4n) is 1.12. The van der Waals surface area contributed by atoms with E-state index in [0.29, 0.717) is 5.02 Å². The van der Waals surface area contributed by atoms with Gasteiger partial charge in [-0.1, -0.05) is 11.6 Å². The van der Waals surface area contributed by atoms with Crippen molar-refractivity contribution in [1.82, 2.24) is 0 Å². The first-order valence-electron chi connectivity index (χ1n) is 3.82. The molecule has 0 saturated heterocycles. The Hall–Kier alpha value is -0.730. The Bertz CT molecular complexity index is 253. The van der Waals surface area contributed by atoms with Crippen LogP contribution in [-0.2, 0) is 6.42 Å². The van der Waals surface area contributed by atoms with Crippen molar-refractivity contribution in [2.24, 2.45) is 5.73 Å². The first-order chi connectivity index (χ1) is 5.58. The van der Waals surface area contributed by atoms with Crippen LogP contribution >= 0.6 is 11.6 Å². The topological polar surface area (TPSA) is 46.2 Å². The zero-order valence-corrected chi connectivity index (χ0v) is 7.67. The molecule has 3 N–H and O–H groups in total. The maximum Gasteiger partial charge on any atom is 0.117 e. The molecule has 1 rings (SSSR count). The average Bonchev–Trinajstić information content (AvgIpc) is 1.81. The van der Waals surface area contributed by atoms with E-state index in [2.05, 4.69) is 0 Å². The van der Waals surface area contributed by atoms with Crippen molar-refractivity contribution in [2.75, 3.05) is 0 Å². The van der Waals surface area contributed by atoms with Gasteiger partial charge in [0.1, 0.15) is 5.75 Å². The highest BCUT2D eigenvalue weighted by Crippen LogP contribution is 2.20. The van der Waals surface area contributed by atoms with Crippen LogP contribution in [0.3, 0.4) is 0 Å². The maximum absolute atomic E-state index is 9.18. The lowest BCUT2D eigenvalue weighted by molar-refractivity contribution is 0.474. The third-order valence-electron chi connectivity index (χ3n) is 1.50. The van der Waals surface area contributed by atoms with Crippen molar-refractivity contribution >= 4 is 11.6 Å². The summed E-state index contributed by atoms with van der Waals surface area (Å²) < 4.78 is 0. The summed E-state index contributed by atoms with van der Waals surface area (Å²) in [7, 11) is 0. The fraction of sp³-hybridized carbons (Fsp3) is 0.333. The summed E-state index contributed by atoms with van der Waals surface area (Å²) in [6.07, 6.45) is 0.730. The molecular weight excluding hydrogens is 174 g/mol.